The molecule has 1 aliphatic heterocycles. The molecule has 1 aliphatic rings. The van der Waals surface area contributed by atoms with Gasteiger partial charge in [0.1, 0.15) is 5.76 Å². The van der Waals surface area contributed by atoms with Crippen LogP contribution in [0.15, 0.2) is 47.1 Å². The van der Waals surface area contributed by atoms with Gasteiger partial charge in [0.25, 0.3) is 0 Å². The Morgan fingerprint density at radius 2 is 2.12 bits per heavy atom. The van der Waals surface area contributed by atoms with E-state index in [0.29, 0.717) is 5.76 Å². The van der Waals surface area contributed by atoms with Crippen molar-refractivity contribution in [1.29, 1.82) is 0 Å². The summed E-state index contributed by atoms with van der Waals surface area (Å²) in [6.07, 6.45) is 1.29. The average Bonchev–Trinajstić information content (AvgIpc) is 2.83. The molecular formula is C12H12N2O2. The predicted octanol–water partition coefficient (Wildman–Crippen LogP) is 2.28. The third-order valence-corrected chi connectivity index (χ3v) is 2.78. The zero-order valence-electron chi connectivity index (χ0n) is 8.63. The molecule has 1 aromatic heterocycles. The number of nitrogens with one attached hydrogen (secondary N) is 1. The normalized spacial score (nSPS) is 19.6. The third kappa shape index (κ3) is 1.39. The minimum Gasteiger partial charge on any atom is -0.466 e. The van der Waals surface area contributed by atoms with Gasteiger partial charge >= 0.3 is 0 Å². The van der Waals surface area contributed by atoms with Crippen molar-refractivity contribution in [1.82, 2.24) is 5.32 Å². The number of para-hydroxylation sites is 1. The van der Waals surface area contributed by atoms with Crippen LogP contribution in [0.2, 0.25) is 0 Å². The Morgan fingerprint density at radius 1 is 1.25 bits per heavy atom. The molecule has 0 radical (unpaired) electrons. The smallest absolute Gasteiger partial charge is 0.164 e. The van der Waals surface area contributed by atoms with Crippen molar-refractivity contribution >= 4 is 5.69 Å². The molecule has 2 aromatic rings. The summed E-state index contributed by atoms with van der Waals surface area (Å²) in [5.41, 5.74) is 1.90. The molecule has 0 saturated heterocycles. The molecule has 4 heteroatoms. The first kappa shape index (κ1) is 9.45. The Labute approximate surface area is 93.1 Å². The number of hydrogen-bond acceptors (Lipinski definition) is 4. The van der Waals surface area contributed by atoms with Crippen LogP contribution in [-0.2, 0) is 6.54 Å². The van der Waals surface area contributed by atoms with Gasteiger partial charge in [-0.3, -0.25) is 10.5 Å². The first-order chi connectivity index (χ1) is 7.86. The van der Waals surface area contributed by atoms with Gasteiger partial charge in [-0.25, -0.2) is 5.06 Å². The van der Waals surface area contributed by atoms with Crippen LogP contribution in [0.25, 0.3) is 0 Å². The van der Waals surface area contributed by atoms with E-state index >= 15 is 0 Å². The fourth-order valence-electron chi connectivity index (χ4n) is 1.98. The highest BCUT2D eigenvalue weighted by atomic mass is 16.5. The van der Waals surface area contributed by atoms with Crippen LogP contribution >= 0.6 is 0 Å². The van der Waals surface area contributed by atoms with E-state index in [0.717, 1.165) is 17.8 Å². The monoisotopic (exact) mass is 216 g/mol. The van der Waals surface area contributed by atoms with Crippen LogP contribution in [-0.4, -0.2) is 5.21 Å². The highest BCUT2D eigenvalue weighted by Gasteiger charge is 2.27. The maximum Gasteiger partial charge on any atom is 0.164 e. The SMILES string of the molecule is ON1c2ccccc2CNC1c1ccco1. The Balaban J connectivity index is 1.98. The van der Waals surface area contributed by atoms with Crippen LogP contribution in [0.1, 0.15) is 17.5 Å². The number of furan rings is 1. The predicted molar refractivity (Wildman–Crippen MR) is 59.0 cm³/mol. The summed E-state index contributed by atoms with van der Waals surface area (Å²) < 4.78 is 5.29. The van der Waals surface area contributed by atoms with Gasteiger partial charge in [-0.05, 0) is 23.8 Å². The third-order valence-electron chi connectivity index (χ3n) is 2.78. The number of hydrogen-bond donors (Lipinski definition) is 2. The van der Waals surface area contributed by atoms with Gasteiger partial charge < -0.3 is 4.42 Å². The number of rotatable bonds is 1. The molecule has 4 nitrogen and oxygen atoms in total. The number of fused-ring (bicyclic) bond motifs is 1. The van der Waals surface area contributed by atoms with Crippen molar-refractivity contribution in [2.24, 2.45) is 0 Å². The van der Waals surface area contributed by atoms with Crippen LogP contribution < -0.4 is 10.4 Å². The Morgan fingerprint density at radius 3 is 2.94 bits per heavy atom. The Bertz CT molecular complexity index is 482. The fraction of sp³-hybridized carbons (Fsp3) is 0.167. The highest BCUT2D eigenvalue weighted by molar-refractivity contribution is 5.54. The van der Waals surface area contributed by atoms with E-state index in [2.05, 4.69) is 5.32 Å². The van der Waals surface area contributed by atoms with E-state index in [1.54, 1.807) is 6.26 Å². The van der Waals surface area contributed by atoms with Crippen LogP contribution in [0.3, 0.4) is 0 Å². The van der Waals surface area contributed by atoms with Gasteiger partial charge in [-0.1, -0.05) is 18.2 Å². The van der Waals surface area contributed by atoms with E-state index in [4.69, 9.17) is 4.42 Å². The van der Waals surface area contributed by atoms with Crippen LogP contribution in [0, 0.1) is 0 Å². The lowest BCUT2D eigenvalue weighted by atomic mass is 10.1. The summed E-state index contributed by atoms with van der Waals surface area (Å²) in [4.78, 5) is 0. The summed E-state index contributed by atoms with van der Waals surface area (Å²) in [6.45, 7) is 0.721. The first-order valence-electron chi connectivity index (χ1n) is 5.19. The molecule has 3 rings (SSSR count). The molecule has 1 unspecified atom stereocenters. The molecule has 16 heavy (non-hydrogen) atoms. The summed E-state index contributed by atoms with van der Waals surface area (Å²) in [5, 5.41) is 14.5. The topological polar surface area (TPSA) is 48.6 Å². The minimum atomic E-state index is -0.315. The molecule has 2 heterocycles. The molecule has 1 atom stereocenters. The molecular weight excluding hydrogens is 204 g/mol. The average molecular weight is 216 g/mol. The second-order valence-corrected chi connectivity index (χ2v) is 3.77. The van der Waals surface area contributed by atoms with Crippen LogP contribution in [0.4, 0.5) is 5.69 Å². The largest absolute Gasteiger partial charge is 0.466 e. The molecule has 82 valence electrons. The first-order valence-corrected chi connectivity index (χ1v) is 5.19. The number of nitrogens with zero attached hydrogens (tertiary/aromatic N) is 1. The Hall–Kier alpha value is -1.78. The van der Waals surface area contributed by atoms with Crippen molar-refractivity contribution in [2.45, 2.75) is 12.7 Å². The molecule has 0 fully saturated rings. The quantitative estimate of drug-likeness (QED) is 0.767. The van der Waals surface area contributed by atoms with E-state index in [9.17, 15) is 5.21 Å². The summed E-state index contributed by atoms with van der Waals surface area (Å²) in [5.74, 6) is 0.706. The number of benzene rings is 1. The molecule has 0 bridgehead atoms. The maximum absolute atomic E-state index is 10.1. The Kier molecular flexibility index (Phi) is 2.16. The zero-order valence-corrected chi connectivity index (χ0v) is 8.63. The summed E-state index contributed by atoms with van der Waals surface area (Å²) in [7, 11) is 0. The summed E-state index contributed by atoms with van der Waals surface area (Å²) >= 11 is 0. The van der Waals surface area contributed by atoms with Gasteiger partial charge in [0.05, 0.1) is 12.0 Å². The standard InChI is InChI=1S/C12H12N2O2/c15-14-10-5-2-1-4-9(10)8-13-12(14)11-6-3-7-16-11/h1-7,12-13,15H,8H2. The van der Waals surface area contributed by atoms with Gasteiger partial charge in [0.15, 0.2) is 6.17 Å². The molecule has 2 N–H and O–H groups in total. The van der Waals surface area contributed by atoms with Crippen LogP contribution in [0.5, 0.6) is 0 Å². The highest BCUT2D eigenvalue weighted by Crippen LogP contribution is 2.31. The molecule has 0 amide bonds. The lowest BCUT2D eigenvalue weighted by Gasteiger charge is -2.33. The molecule has 0 saturated carbocycles. The van der Waals surface area contributed by atoms with Gasteiger partial charge in [-0.2, -0.15) is 0 Å². The minimum absolute atomic E-state index is 0.315. The summed E-state index contributed by atoms with van der Waals surface area (Å²) in [6, 6.07) is 11.4. The van der Waals surface area contributed by atoms with E-state index in [-0.39, 0.29) is 6.17 Å². The lowest BCUT2D eigenvalue weighted by molar-refractivity contribution is 0.172. The second kappa shape index (κ2) is 3.66. The van der Waals surface area contributed by atoms with Crippen molar-refractivity contribution in [3.63, 3.8) is 0 Å². The number of anilines is 1. The van der Waals surface area contributed by atoms with Gasteiger partial charge in [-0.15, -0.1) is 0 Å². The van der Waals surface area contributed by atoms with Gasteiger partial charge in [0, 0.05) is 6.54 Å². The molecule has 0 aliphatic carbocycles. The fourth-order valence-corrected chi connectivity index (χ4v) is 1.98. The second-order valence-electron chi connectivity index (χ2n) is 3.77. The van der Waals surface area contributed by atoms with Gasteiger partial charge in [0.2, 0.25) is 0 Å². The van der Waals surface area contributed by atoms with Crippen molar-refractivity contribution in [3.8, 4) is 0 Å². The molecule has 1 aromatic carbocycles. The lowest BCUT2D eigenvalue weighted by Crippen LogP contribution is -2.40. The van der Waals surface area contributed by atoms with Crippen molar-refractivity contribution < 1.29 is 9.62 Å². The van der Waals surface area contributed by atoms with E-state index in [1.807, 2.05) is 36.4 Å². The maximum atomic E-state index is 10.1. The number of hydroxylamine groups is 1. The molecule has 0 spiro atoms. The van der Waals surface area contributed by atoms with E-state index in [1.165, 1.54) is 5.06 Å². The van der Waals surface area contributed by atoms with Crippen molar-refractivity contribution in [2.75, 3.05) is 5.06 Å². The zero-order chi connectivity index (χ0) is 11.0. The van der Waals surface area contributed by atoms with Crippen molar-refractivity contribution in [3.05, 3.63) is 54.0 Å². The van der Waals surface area contributed by atoms with E-state index < -0.39 is 0 Å².